The molecule has 9 nitrogen and oxygen atoms in total. The lowest BCUT2D eigenvalue weighted by Gasteiger charge is -2.17. The van der Waals surface area contributed by atoms with Gasteiger partial charge in [-0.05, 0) is 55.5 Å². The molecule has 0 unspecified atom stereocenters. The van der Waals surface area contributed by atoms with E-state index in [0.717, 1.165) is 18.4 Å². The Morgan fingerprint density at radius 1 is 1.25 bits per heavy atom. The molecule has 2 aromatic heterocycles. The Balaban J connectivity index is 1.52. The van der Waals surface area contributed by atoms with Gasteiger partial charge in [-0.3, -0.25) is 14.0 Å². The number of fused-ring (bicyclic) bond motifs is 1. The number of rotatable bonds is 10. The van der Waals surface area contributed by atoms with Gasteiger partial charge >= 0.3 is 6.61 Å². The number of ether oxygens (including phenoxy) is 2. The molecule has 5 rings (SSSR count). The Morgan fingerprint density at radius 2 is 2.00 bits per heavy atom. The van der Waals surface area contributed by atoms with Crippen molar-refractivity contribution < 1.29 is 33.0 Å². The molecular formula is C25H26F2N4O5. The summed E-state index contributed by atoms with van der Waals surface area (Å²) in [5, 5.41) is 14.5. The summed E-state index contributed by atoms with van der Waals surface area (Å²) in [5.74, 6) is -0.855. The number of aliphatic hydroxyl groups is 1. The van der Waals surface area contributed by atoms with Gasteiger partial charge in [0.2, 0.25) is 5.91 Å². The second kappa shape index (κ2) is 9.38. The van der Waals surface area contributed by atoms with E-state index in [0.29, 0.717) is 29.7 Å². The summed E-state index contributed by atoms with van der Waals surface area (Å²) in [4.78, 5) is 29.8. The first-order valence-electron chi connectivity index (χ1n) is 11.7. The molecule has 36 heavy (non-hydrogen) atoms. The highest BCUT2D eigenvalue weighted by Crippen LogP contribution is 2.48. The number of pyridine rings is 1. The van der Waals surface area contributed by atoms with Crippen molar-refractivity contribution in [2.75, 3.05) is 20.3 Å². The van der Waals surface area contributed by atoms with E-state index in [1.165, 1.54) is 13.2 Å². The molecule has 3 N–H and O–H groups in total. The number of aromatic nitrogens is 2. The highest BCUT2D eigenvalue weighted by Gasteiger charge is 2.51. The standard InChI is InChI=1S/C25H26F2N4O5/c1-35-18-10-14(11-19(36-24(26)27)21(18)22(33)30-16-2-3-16)17-13-29-20-12-15(4-8-31(17)20)25(5-6-25)23(34)28-7-9-32/h4,8,10-13,16,24,32H,2-3,5-7,9H2,1H3,(H,28,34)(H,30,33). The second-order valence-corrected chi connectivity index (χ2v) is 9.03. The quantitative estimate of drug-likeness (QED) is 0.395. The van der Waals surface area contributed by atoms with Gasteiger partial charge in [0.15, 0.2) is 0 Å². The minimum atomic E-state index is -3.13. The van der Waals surface area contributed by atoms with E-state index in [2.05, 4.69) is 15.6 Å². The number of carbonyl (C=O) groups is 2. The second-order valence-electron chi connectivity index (χ2n) is 9.03. The van der Waals surface area contributed by atoms with Crippen LogP contribution in [0.25, 0.3) is 16.9 Å². The Kier molecular flexibility index (Phi) is 6.25. The average molecular weight is 501 g/mol. The average Bonchev–Trinajstić information content (AvgIpc) is 3.79. The van der Waals surface area contributed by atoms with Crippen LogP contribution in [0.4, 0.5) is 8.78 Å². The minimum Gasteiger partial charge on any atom is -0.496 e. The summed E-state index contributed by atoms with van der Waals surface area (Å²) in [5.41, 5.74) is 1.68. The summed E-state index contributed by atoms with van der Waals surface area (Å²) in [6.07, 6.45) is 6.42. The van der Waals surface area contributed by atoms with Crippen molar-refractivity contribution in [2.45, 2.75) is 43.8 Å². The molecule has 0 spiro atoms. The van der Waals surface area contributed by atoms with E-state index >= 15 is 0 Å². The fourth-order valence-electron chi connectivity index (χ4n) is 4.40. The number of nitrogens with zero attached hydrogens (tertiary/aromatic N) is 2. The van der Waals surface area contributed by atoms with Crippen LogP contribution in [0.15, 0.2) is 36.7 Å². The van der Waals surface area contributed by atoms with Crippen molar-refractivity contribution in [3.8, 4) is 22.8 Å². The molecule has 2 fully saturated rings. The number of methoxy groups -OCH3 is 1. The van der Waals surface area contributed by atoms with Crippen molar-refractivity contribution in [2.24, 2.45) is 0 Å². The van der Waals surface area contributed by atoms with Crippen LogP contribution >= 0.6 is 0 Å². The van der Waals surface area contributed by atoms with Gasteiger partial charge in [0.05, 0.1) is 31.0 Å². The Labute approximate surface area is 205 Å². The molecule has 0 bridgehead atoms. The maximum absolute atomic E-state index is 13.2. The molecule has 2 aliphatic carbocycles. The first-order valence-corrected chi connectivity index (χ1v) is 11.7. The van der Waals surface area contributed by atoms with Crippen LogP contribution < -0.4 is 20.1 Å². The van der Waals surface area contributed by atoms with Crippen LogP contribution in [0.5, 0.6) is 11.5 Å². The van der Waals surface area contributed by atoms with Crippen molar-refractivity contribution in [3.05, 3.63) is 47.8 Å². The summed E-state index contributed by atoms with van der Waals surface area (Å²) in [6.45, 7) is -3.07. The van der Waals surface area contributed by atoms with Gasteiger partial charge < -0.3 is 25.2 Å². The number of benzene rings is 1. The van der Waals surface area contributed by atoms with E-state index in [1.807, 2.05) is 12.1 Å². The number of hydrogen-bond donors (Lipinski definition) is 3. The molecule has 0 atom stereocenters. The molecule has 11 heteroatoms. The molecule has 2 aliphatic rings. The van der Waals surface area contributed by atoms with Gasteiger partial charge in [0.1, 0.15) is 22.7 Å². The molecule has 0 saturated heterocycles. The number of halogens is 2. The number of alkyl halides is 2. The lowest BCUT2D eigenvalue weighted by Crippen LogP contribution is -2.36. The lowest BCUT2D eigenvalue weighted by molar-refractivity contribution is -0.123. The predicted molar refractivity (Wildman–Crippen MR) is 125 cm³/mol. The monoisotopic (exact) mass is 500 g/mol. The van der Waals surface area contributed by atoms with Crippen molar-refractivity contribution in [1.82, 2.24) is 20.0 Å². The third-order valence-electron chi connectivity index (χ3n) is 6.59. The highest BCUT2D eigenvalue weighted by atomic mass is 19.3. The van der Waals surface area contributed by atoms with E-state index in [4.69, 9.17) is 14.6 Å². The number of nitrogens with one attached hydrogen (secondary N) is 2. The molecule has 190 valence electrons. The van der Waals surface area contributed by atoms with Crippen LogP contribution in [0.2, 0.25) is 0 Å². The van der Waals surface area contributed by atoms with Gasteiger partial charge in [0, 0.05) is 24.3 Å². The van der Waals surface area contributed by atoms with E-state index in [1.54, 1.807) is 22.9 Å². The SMILES string of the molecule is COc1cc(-c2cnc3cc(C4(C(=O)NCCO)CC4)ccn23)cc(OC(F)F)c1C(=O)NC1CC1. The zero-order valence-electron chi connectivity index (χ0n) is 19.6. The third kappa shape index (κ3) is 4.46. The molecule has 0 radical (unpaired) electrons. The Morgan fingerprint density at radius 3 is 2.64 bits per heavy atom. The lowest BCUT2D eigenvalue weighted by atomic mass is 9.96. The van der Waals surface area contributed by atoms with Crippen molar-refractivity contribution in [1.29, 1.82) is 0 Å². The first-order chi connectivity index (χ1) is 17.4. The molecule has 2 amide bonds. The zero-order valence-corrected chi connectivity index (χ0v) is 19.6. The van der Waals surface area contributed by atoms with Crippen LogP contribution in [-0.4, -0.2) is 59.2 Å². The van der Waals surface area contributed by atoms with Crippen LogP contribution in [0, 0.1) is 0 Å². The number of carbonyl (C=O) groups excluding carboxylic acids is 2. The topological polar surface area (TPSA) is 114 Å². The molecule has 2 saturated carbocycles. The molecule has 0 aliphatic heterocycles. The number of amides is 2. The van der Waals surface area contributed by atoms with Gasteiger partial charge in [-0.25, -0.2) is 4.98 Å². The van der Waals surface area contributed by atoms with Gasteiger partial charge in [0.25, 0.3) is 5.91 Å². The normalized spacial score (nSPS) is 16.1. The smallest absolute Gasteiger partial charge is 0.387 e. The van der Waals surface area contributed by atoms with Crippen LogP contribution in [0.1, 0.15) is 41.6 Å². The van der Waals surface area contributed by atoms with E-state index in [9.17, 15) is 18.4 Å². The summed E-state index contributed by atoms with van der Waals surface area (Å²) < 4.78 is 38.4. The third-order valence-corrected chi connectivity index (χ3v) is 6.59. The van der Waals surface area contributed by atoms with Crippen molar-refractivity contribution in [3.63, 3.8) is 0 Å². The van der Waals surface area contributed by atoms with Crippen LogP contribution in [-0.2, 0) is 10.2 Å². The largest absolute Gasteiger partial charge is 0.496 e. The van der Waals surface area contributed by atoms with E-state index < -0.39 is 17.9 Å². The predicted octanol–water partition coefficient (Wildman–Crippen LogP) is 2.64. The first kappa shape index (κ1) is 24.0. The number of imidazole rings is 1. The zero-order chi connectivity index (χ0) is 25.4. The minimum absolute atomic E-state index is 0.0229. The Hall–Kier alpha value is -3.73. The van der Waals surface area contributed by atoms with Crippen LogP contribution in [0.3, 0.4) is 0 Å². The summed E-state index contributed by atoms with van der Waals surface area (Å²) >= 11 is 0. The summed E-state index contributed by atoms with van der Waals surface area (Å²) in [7, 11) is 1.36. The Bertz CT molecular complexity index is 1320. The van der Waals surface area contributed by atoms with Crippen molar-refractivity contribution >= 4 is 17.5 Å². The summed E-state index contributed by atoms with van der Waals surface area (Å²) in [6, 6.07) is 6.63. The number of hydrogen-bond acceptors (Lipinski definition) is 6. The molecule has 2 heterocycles. The fraction of sp³-hybridized carbons (Fsp3) is 0.400. The van der Waals surface area contributed by atoms with E-state index in [-0.39, 0.29) is 42.2 Å². The maximum atomic E-state index is 13.2. The number of aliphatic hydroxyl groups excluding tert-OH is 1. The highest BCUT2D eigenvalue weighted by molar-refractivity contribution is 6.01. The maximum Gasteiger partial charge on any atom is 0.387 e. The fourth-order valence-corrected chi connectivity index (χ4v) is 4.40. The molecule has 3 aromatic rings. The molecular weight excluding hydrogens is 474 g/mol. The molecule has 1 aromatic carbocycles. The van der Waals surface area contributed by atoms with Gasteiger partial charge in [-0.1, -0.05) is 0 Å². The van der Waals surface area contributed by atoms with Gasteiger partial charge in [-0.2, -0.15) is 8.78 Å². The van der Waals surface area contributed by atoms with Gasteiger partial charge in [-0.15, -0.1) is 0 Å².